The van der Waals surface area contributed by atoms with E-state index in [0.717, 1.165) is 17.0 Å². The lowest BCUT2D eigenvalue weighted by atomic mass is 10.0. The van der Waals surface area contributed by atoms with E-state index in [1.165, 1.54) is 5.56 Å². The van der Waals surface area contributed by atoms with Crippen molar-refractivity contribution >= 4 is 11.6 Å². The van der Waals surface area contributed by atoms with Crippen LogP contribution in [0.5, 0.6) is 0 Å². The Morgan fingerprint density at radius 1 is 1.36 bits per heavy atom. The van der Waals surface area contributed by atoms with E-state index in [1.54, 1.807) is 0 Å². The van der Waals surface area contributed by atoms with E-state index in [0.29, 0.717) is 6.04 Å². The van der Waals surface area contributed by atoms with Crippen LogP contribution in [-0.2, 0) is 0 Å². The second-order valence-electron chi connectivity index (χ2n) is 3.90. The van der Waals surface area contributed by atoms with Gasteiger partial charge in [-0.15, -0.1) is 0 Å². The van der Waals surface area contributed by atoms with Crippen LogP contribution in [-0.4, -0.2) is 19.0 Å². The molecular formula is C12H18ClN. The van der Waals surface area contributed by atoms with Crippen LogP contribution >= 0.6 is 11.6 Å². The molecule has 1 aromatic carbocycles. The Bertz CT molecular complexity index is 307. The molecule has 14 heavy (non-hydrogen) atoms. The first-order chi connectivity index (χ1) is 6.56. The monoisotopic (exact) mass is 211 g/mol. The molecule has 0 spiro atoms. The maximum absolute atomic E-state index is 6.10. The largest absolute Gasteiger partial charge is 0.302 e. The third kappa shape index (κ3) is 2.49. The van der Waals surface area contributed by atoms with Crippen molar-refractivity contribution in [3.63, 3.8) is 0 Å². The molecule has 0 saturated carbocycles. The van der Waals surface area contributed by atoms with E-state index in [-0.39, 0.29) is 0 Å². The number of aryl methyl sites for hydroxylation is 1. The molecule has 0 fully saturated rings. The van der Waals surface area contributed by atoms with Crippen LogP contribution in [0.3, 0.4) is 0 Å². The lowest BCUT2D eigenvalue weighted by Gasteiger charge is -2.23. The number of nitrogens with zero attached hydrogens (tertiary/aromatic N) is 1. The van der Waals surface area contributed by atoms with Crippen molar-refractivity contribution in [2.24, 2.45) is 0 Å². The van der Waals surface area contributed by atoms with Gasteiger partial charge in [0, 0.05) is 11.1 Å². The van der Waals surface area contributed by atoms with Gasteiger partial charge in [-0.3, -0.25) is 0 Å². The lowest BCUT2D eigenvalue weighted by molar-refractivity contribution is 0.292. The summed E-state index contributed by atoms with van der Waals surface area (Å²) in [5.74, 6) is 0. The third-order valence-corrected chi connectivity index (χ3v) is 3.00. The predicted molar refractivity (Wildman–Crippen MR) is 62.9 cm³/mol. The van der Waals surface area contributed by atoms with Gasteiger partial charge in [-0.1, -0.05) is 30.7 Å². The minimum atomic E-state index is 0.466. The van der Waals surface area contributed by atoms with Gasteiger partial charge in [0.25, 0.3) is 0 Å². The average Bonchev–Trinajstić information content (AvgIpc) is 2.11. The molecule has 0 heterocycles. The SMILES string of the molecule is CCC(c1ccc(C)c(Cl)c1)N(C)C. The van der Waals surface area contributed by atoms with Crippen molar-refractivity contribution in [3.8, 4) is 0 Å². The molecule has 1 unspecified atom stereocenters. The minimum absolute atomic E-state index is 0.466. The summed E-state index contributed by atoms with van der Waals surface area (Å²) >= 11 is 6.10. The number of benzene rings is 1. The molecule has 0 N–H and O–H groups in total. The van der Waals surface area contributed by atoms with Crippen molar-refractivity contribution in [1.82, 2.24) is 4.90 Å². The second-order valence-corrected chi connectivity index (χ2v) is 4.30. The van der Waals surface area contributed by atoms with Crippen LogP contribution in [0.4, 0.5) is 0 Å². The average molecular weight is 212 g/mol. The van der Waals surface area contributed by atoms with Crippen LogP contribution < -0.4 is 0 Å². The third-order valence-electron chi connectivity index (χ3n) is 2.59. The molecule has 2 heteroatoms. The number of hydrogen-bond acceptors (Lipinski definition) is 1. The zero-order valence-electron chi connectivity index (χ0n) is 9.34. The zero-order chi connectivity index (χ0) is 10.7. The van der Waals surface area contributed by atoms with Gasteiger partial charge in [-0.25, -0.2) is 0 Å². The molecule has 1 aromatic rings. The molecular weight excluding hydrogens is 194 g/mol. The summed E-state index contributed by atoms with van der Waals surface area (Å²) in [6.45, 7) is 4.22. The maximum atomic E-state index is 6.10. The van der Waals surface area contributed by atoms with Crippen molar-refractivity contribution in [1.29, 1.82) is 0 Å². The van der Waals surface area contributed by atoms with E-state index in [4.69, 9.17) is 11.6 Å². The fourth-order valence-electron chi connectivity index (χ4n) is 1.72. The quantitative estimate of drug-likeness (QED) is 0.738. The first kappa shape index (κ1) is 11.5. The van der Waals surface area contributed by atoms with Gasteiger partial charge in [0.15, 0.2) is 0 Å². The maximum Gasteiger partial charge on any atom is 0.0438 e. The topological polar surface area (TPSA) is 3.24 Å². The van der Waals surface area contributed by atoms with Crippen molar-refractivity contribution in [3.05, 3.63) is 34.3 Å². The molecule has 0 radical (unpaired) electrons. The Morgan fingerprint density at radius 3 is 2.43 bits per heavy atom. The van der Waals surface area contributed by atoms with Gasteiger partial charge in [-0.2, -0.15) is 0 Å². The molecule has 1 atom stereocenters. The lowest BCUT2D eigenvalue weighted by Crippen LogP contribution is -2.19. The highest BCUT2D eigenvalue weighted by Crippen LogP contribution is 2.25. The van der Waals surface area contributed by atoms with Crippen LogP contribution in [0.1, 0.15) is 30.5 Å². The van der Waals surface area contributed by atoms with Gasteiger partial charge in [0.05, 0.1) is 0 Å². The van der Waals surface area contributed by atoms with Crippen LogP contribution in [0.2, 0.25) is 5.02 Å². The Hall–Kier alpha value is -0.530. The van der Waals surface area contributed by atoms with Gasteiger partial charge < -0.3 is 4.90 Å². The summed E-state index contributed by atoms with van der Waals surface area (Å²) < 4.78 is 0. The Morgan fingerprint density at radius 2 is 2.00 bits per heavy atom. The molecule has 1 nitrogen and oxygen atoms in total. The van der Waals surface area contributed by atoms with Crippen LogP contribution in [0.25, 0.3) is 0 Å². The standard InChI is InChI=1S/C12H18ClN/c1-5-12(14(3)4)10-7-6-9(2)11(13)8-10/h6-8,12H,5H2,1-4H3. The number of hydrogen-bond donors (Lipinski definition) is 0. The van der Waals surface area contributed by atoms with E-state index in [2.05, 4.69) is 44.1 Å². The molecule has 0 aliphatic rings. The van der Waals surface area contributed by atoms with Crippen molar-refractivity contribution < 1.29 is 0 Å². The van der Waals surface area contributed by atoms with E-state index < -0.39 is 0 Å². The molecule has 0 bridgehead atoms. The fraction of sp³-hybridized carbons (Fsp3) is 0.500. The number of rotatable bonds is 3. The van der Waals surface area contributed by atoms with Crippen LogP contribution in [0.15, 0.2) is 18.2 Å². The summed E-state index contributed by atoms with van der Waals surface area (Å²) in [5, 5.41) is 0.864. The summed E-state index contributed by atoms with van der Waals surface area (Å²) in [7, 11) is 4.20. The molecule has 78 valence electrons. The predicted octanol–water partition coefficient (Wildman–Crippen LogP) is 3.66. The highest BCUT2D eigenvalue weighted by molar-refractivity contribution is 6.31. The first-order valence-corrected chi connectivity index (χ1v) is 5.36. The highest BCUT2D eigenvalue weighted by atomic mass is 35.5. The van der Waals surface area contributed by atoms with E-state index >= 15 is 0 Å². The highest BCUT2D eigenvalue weighted by Gasteiger charge is 2.11. The van der Waals surface area contributed by atoms with Gasteiger partial charge in [-0.05, 0) is 44.6 Å². The normalized spacial score (nSPS) is 13.3. The van der Waals surface area contributed by atoms with Gasteiger partial charge >= 0.3 is 0 Å². The zero-order valence-corrected chi connectivity index (χ0v) is 10.1. The van der Waals surface area contributed by atoms with Gasteiger partial charge in [0.1, 0.15) is 0 Å². The molecule has 0 aromatic heterocycles. The Balaban J connectivity index is 3.00. The Labute approximate surface area is 91.7 Å². The molecule has 0 aliphatic carbocycles. The van der Waals surface area contributed by atoms with E-state index in [1.807, 2.05) is 6.92 Å². The molecule has 0 saturated heterocycles. The number of halogens is 1. The second kappa shape index (κ2) is 4.81. The van der Waals surface area contributed by atoms with Crippen LogP contribution in [0, 0.1) is 6.92 Å². The van der Waals surface area contributed by atoms with Crippen molar-refractivity contribution in [2.45, 2.75) is 26.3 Å². The summed E-state index contributed by atoms with van der Waals surface area (Å²) in [5.41, 5.74) is 2.44. The smallest absolute Gasteiger partial charge is 0.0438 e. The first-order valence-electron chi connectivity index (χ1n) is 4.98. The van der Waals surface area contributed by atoms with E-state index in [9.17, 15) is 0 Å². The summed E-state index contributed by atoms with van der Waals surface area (Å²) in [6, 6.07) is 6.79. The summed E-state index contributed by atoms with van der Waals surface area (Å²) in [4.78, 5) is 2.22. The van der Waals surface area contributed by atoms with Gasteiger partial charge in [0.2, 0.25) is 0 Å². The molecule has 0 aliphatic heterocycles. The molecule has 1 rings (SSSR count). The fourth-order valence-corrected chi connectivity index (χ4v) is 1.90. The Kier molecular flexibility index (Phi) is 3.97. The van der Waals surface area contributed by atoms with Crippen molar-refractivity contribution in [2.75, 3.05) is 14.1 Å². The summed E-state index contributed by atoms with van der Waals surface area (Å²) in [6.07, 6.45) is 1.10. The molecule has 0 amide bonds. The minimum Gasteiger partial charge on any atom is -0.302 e.